The van der Waals surface area contributed by atoms with Crippen molar-refractivity contribution in [2.24, 2.45) is 17.3 Å². The van der Waals surface area contributed by atoms with Gasteiger partial charge in [-0.3, -0.25) is 4.79 Å². The zero-order valence-corrected chi connectivity index (χ0v) is 18.4. The Bertz CT molecular complexity index is 929. The Balaban J connectivity index is 1.31. The number of amides is 1. The Kier molecular flexibility index (Phi) is 4.70. The van der Waals surface area contributed by atoms with E-state index in [4.69, 9.17) is 34.8 Å². The minimum absolute atomic E-state index is 0.105. The second kappa shape index (κ2) is 6.87. The van der Waals surface area contributed by atoms with E-state index >= 15 is 0 Å². The first kappa shape index (κ1) is 19.2. The van der Waals surface area contributed by atoms with E-state index in [0.29, 0.717) is 33.4 Å². The minimum Gasteiger partial charge on any atom is -0.301 e. The lowest BCUT2D eigenvalue weighted by molar-refractivity contribution is -0.138. The van der Waals surface area contributed by atoms with Crippen LogP contribution in [0.4, 0.5) is 5.13 Å². The van der Waals surface area contributed by atoms with Crippen molar-refractivity contribution in [2.45, 2.75) is 49.8 Å². The number of alkyl halides is 1. The zero-order valence-electron chi connectivity index (χ0n) is 15.3. The van der Waals surface area contributed by atoms with Crippen LogP contribution in [-0.4, -0.2) is 15.8 Å². The molecule has 6 rings (SSSR count). The fourth-order valence-corrected chi connectivity index (χ4v) is 7.86. The predicted molar refractivity (Wildman–Crippen MR) is 116 cm³/mol. The molecule has 7 heteroatoms. The van der Waals surface area contributed by atoms with Crippen molar-refractivity contribution in [1.82, 2.24) is 4.98 Å². The highest BCUT2D eigenvalue weighted by atomic mass is 35.5. The molecule has 2 aromatic rings. The van der Waals surface area contributed by atoms with Crippen LogP contribution in [0.25, 0.3) is 0 Å². The molecule has 148 valence electrons. The van der Waals surface area contributed by atoms with Crippen LogP contribution >= 0.6 is 46.1 Å². The standard InChI is InChI=1S/C21H21Cl3N2OS/c22-15-1-2-17(23)14(4-15)5-16-10-25-19(28-16)26-18(27)20-6-12-3-13(7-20)9-21(24,8-12)11-20/h1-2,4,10,12-13H,3,5-9,11H2,(H,25,26,27)/t12-,13+,20?,21?. The Morgan fingerprint density at radius 3 is 2.68 bits per heavy atom. The van der Waals surface area contributed by atoms with Gasteiger partial charge < -0.3 is 5.32 Å². The number of aromatic nitrogens is 1. The molecule has 0 saturated heterocycles. The highest BCUT2D eigenvalue weighted by Crippen LogP contribution is 2.64. The van der Waals surface area contributed by atoms with Crippen LogP contribution in [0, 0.1) is 17.3 Å². The zero-order chi connectivity index (χ0) is 19.5. The average molecular weight is 456 g/mol. The molecule has 0 spiro atoms. The molecular formula is C21H21Cl3N2OS. The van der Waals surface area contributed by atoms with Gasteiger partial charge in [-0.2, -0.15) is 0 Å². The molecule has 1 N–H and O–H groups in total. The van der Waals surface area contributed by atoms with E-state index in [9.17, 15) is 4.79 Å². The van der Waals surface area contributed by atoms with Gasteiger partial charge in [-0.25, -0.2) is 4.98 Å². The molecule has 0 radical (unpaired) electrons. The quantitative estimate of drug-likeness (QED) is 0.531. The first-order valence-electron chi connectivity index (χ1n) is 9.72. The van der Waals surface area contributed by atoms with Crippen LogP contribution in [0.2, 0.25) is 10.0 Å². The minimum atomic E-state index is -0.312. The molecule has 1 aromatic heterocycles. The number of anilines is 1. The van der Waals surface area contributed by atoms with E-state index in [1.807, 2.05) is 6.07 Å². The van der Waals surface area contributed by atoms with Crippen molar-refractivity contribution in [3.63, 3.8) is 0 Å². The number of carbonyl (C=O) groups excluding carboxylic acids is 1. The highest BCUT2D eigenvalue weighted by molar-refractivity contribution is 7.15. The molecule has 4 aliphatic carbocycles. The van der Waals surface area contributed by atoms with Gasteiger partial charge in [-0.1, -0.05) is 23.2 Å². The molecule has 1 heterocycles. The Labute approximate surface area is 183 Å². The molecule has 4 atom stereocenters. The van der Waals surface area contributed by atoms with Gasteiger partial charge in [0.15, 0.2) is 5.13 Å². The van der Waals surface area contributed by atoms with Gasteiger partial charge >= 0.3 is 0 Å². The summed E-state index contributed by atoms with van der Waals surface area (Å²) in [7, 11) is 0. The van der Waals surface area contributed by atoms with Gasteiger partial charge in [0.25, 0.3) is 0 Å². The van der Waals surface area contributed by atoms with E-state index in [0.717, 1.165) is 42.5 Å². The Morgan fingerprint density at radius 1 is 1.21 bits per heavy atom. The van der Waals surface area contributed by atoms with Crippen molar-refractivity contribution in [2.75, 3.05) is 5.32 Å². The lowest BCUT2D eigenvalue weighted by Crippen LogP contribution is -2.57. The molecular weight excluding hydrogens is 435 g/mol. The second-order valence-corrected chi connectivity index (χ2v) is 11.7. The van der Waals surface area contributed by atoms with Crippen LogP contribution in [0.1, 0.15) is 49.0 Å². The van der Waals surface area contributed by atoms with E-state index in [1.165, 1.54) is 17.8 Å². The molecule has 1 aromatic carbocycles. The summed E-state index contributed by atoms with van der Waals surface area (Å²) in [6, 6.07) is 5.45. The van der Waals surface area contributed by atoms with Gasteiger partial charge in [0, 0.05) is 32.4 Å². The van der Waals surface area contributed by atoms with Gasteiger partial charge in [0.1, 0.15) is 0 Å². The monoisotopic (exact) mass is 454 g/mol. The van der Waals surface area contributed by atoms with Crippen molar-refractivity contribution < 1.29 is 4.79 Å². The number of halogens is 3. The van der Waals surface area contributed by atoms with Crippen molar-refractivity contribution in [1.29, 1.82) is 0 Å². The van der Waals surface area contributed by atoms with E-state index in [2.05, 4.69) is 10.3 Å². The molecule has 28 heavy (non-hydrogen) atoms. The summed E-state index contributed by atoms with van der Waals surface area (Å²) < 4.78 is 0. The van der Waals surface area contributed by atoms with Crippen LogP contribution in [-0.2, 0) is 11.2 Å². The number of nitrogens with one attached hydrogen (secondary N) is 1. The maximum absolute atomic E-state index is 13.2. The lowest BCUT2D eigenvalue weighted by Gasteiger charge is -2.59. The number of rotatable bonds is 4. The summed E-state index contributed by atoms with van der Waals surface area (Å²) in [6.07, 6.45) is 8.58. The summed E-state index contributed by atoms with van der Waals surface area (Å²) in [4.78, 5) is 18.5. The fraction of sp³-hybridized carbons (Fsp3) is 0.524. The number of hydrogen-bond acceptors (Lipinski definition) is 3. The molecule has 1 amide bonds. The maximum atomic E-state index is 13.2. The van der Waals surface area contributed by atoms with Gasteiger partial charge in [0.05, 0.1) is 5.41 Å². The molecule has 4 saturated carbocycles. The fourth-order valence-electron chi connectivity index (χ4n) is 5.96. The molecule has 4 fully saturated rings. The average Bonchev–Trinajstić information content (AvgIpc) is 3.03. The van der Waals surface area contributed by atoms with Crippen LogP contribution < -0.4 is 5.32 Å². The van der Waals surface area contributed by atoms with Crippen molar-refractivity contribution >= 4 is 57.2 Å². The summed E-state index contributed by atoms with van der Waals surface area (Å²) in [5, 5.41) is 5.10. The van der Waals surface area contributed by atoms with Crippen LogP contribution in [0.5, 0.6) is 0 Å². The molecule has 4 aliphatic rings. The van der Waals surface area contributed by atoms with Crippen molar-refractivity contribution in [3.8, 4) is 0 Å². The topological polar surface area (TPSA) is 42.0 Å². The Hall–Kier alpha value is -0.810. The van der Waals surface area contributed by atoms with Crippen molar-refractivity contribution in [3.05, 3.63) is 44.9 Å². The largest absolute Gasteiger partial charge is 0.301 e. The Morgan fingerprint density at radius 2 is 1.96 bits per heavy atom. The number of benzene rings is 1. The second-order valence-electron chi connectivity index (χ2n) is 8.89. The smallest absolute Gasteiger partial charge is 0.232 e. The van der Waals surface area contributed by atoms with Crippen LogP contribution in [0.15, 0.2) is 24.4 Å². The normalized spacial score (nSPS) is 33.2. The number of thiazole rings is 1. The van der Waals surface area contributed by atoms with Gasteiger partial charge in [0.2, 0.25) is 5.91 Å². The van der Waals surface area contributed by atoms with Crippen LogP contribution in [0.3, 0.4) is 0 Å². The highest BCUT2D eigenvalue weighted by Gasteiger charge is 2.60. The third-order valence-corrected chi connectivity index (χ3v) is 8.58. The van der Waals surface area contributed by atoms with Gasteiger partial charge in [-0.15, -0.1) is 22.9 Å². The van der Waals surface area contributed by atoms with E-state index < -0.39 is 0 Å². The molecule has 2 unspecified atom stereocenters. The first-order chi connectivity index (χ1) is 13.3. The summed E-state index contributed by atoms with van der Waals surface area (Å²) in [5.41, 5.74) is 0.648. The molecule has 4 bridgehead atoms. The first-order valence-corrected chi connectivity index (χ1v) is 11.7. The SMILES string of the molecule is O=C(Nc1ncc(Cc2cc(Cl)ccc2Cl)s1)C12C[C@@H]3C[C@@H](CC(Cl)(C3)C1)C2. The maximum Gasteiger partial charge on any atom is 0.232 e. The molecule has 0 aliphatic heterocycles. The van der Waals surface area contributed by atoms with E-state index in [-0.39, 0.29) is 16.2 Å². The summed E-state index contributed by atoms with van der Waals surface area (Å²) in [6.45, 7) is 0. The molecule has 3 nitrogen and oxygen atoms in total. The number of carbonyl (C=O) groups is 1. The number of nitrogens with zero attached hydrogens (tertiary/aromatic N) is 1. The van der Waals surface area contributed by atoms with Gasteiger partial charge in [-0.05, 0) is 74.1 Å². The number of hydrogen-bond donors (Lipinski definition) is 1. The predicted octanol–water partition coefficient (Wildman–Crippen LogP) is 6.56. The lowest BCUT2D eigenvalue weighted by atomic mass is 9.49. The van der Waals surface area contributed by atoms with E-state index in [1.54, 1.807) is 18.3 Å². The summed E-state index contributed by atoms with van der Waals surface area (Å²) >= 11 is 20.7. The summed E-state index contributed by atoms with van der Waals surface area (Å²) in [5.74, 6) is 1.30. The third kappa shape index (κ3) is 3.47. The third-order valence-electron chi connectivity index (χ3n) is 6.62.